The molecule has 0 amide bonds. The lowest BCUT2D eigenvalue weighted by atomic mass is 10.1. The van der Waals surface area contributed by atoms with Crippen LogP contribution in [0.5, 0.6) is 23.0 Å². The first-order valence-corrected chi connectivity index (χ1v) is 8.61. The first-order valence-electron chi connectivity index (χ1n) is 7.08. The van der Waals surface area contributed by atoms with Crippen molar-refractivity contribution in [2.24, 2.45) is 0 Å². The molecular weight excluding hydrogens is 405 g/mol. The summed E-state index contributed by atoms with van der Waals surface area (Å²) in [6.07, 6.45) is 1.72. The minimum atomic E-state index is 0.649. The van der Waals surface area contributed by atoms with Crippen LogP contribution < -0.4 is 14.2 Å². The van der Waals surface area contributed by atoms with E-state index in [0.717, 1.165) is 26.8 Å². The lowest BCUT2D eigenvalue weighted by Gasteiger charge is -2.12. The molecule has 0 bridgehead atoms. The number of fused-ring (bicyclic) bond motifs is 1. The highest BCUT2D eigenvalue weighted by molar-refractivity contribution is 14.1. The molecule has 0 saturated heterocycles. The van der Waals surface area contributed by atoms with Crippen molar-refractivity contribution in [3.63, 3.8) is 0 Å². The molecule has 3 aromatic rings. The molecule has 0 N–H and O–H groups in total. The van der Waals surface area contributed by atoms with Gasteiger partial charge in [-0.1, -0.05) is 34.7 Å². The van der Waals surface area contributed by atoms with Gasteiger partial charge in [-0.15, -0.1) is 0 Å². The Labute approximate surface area is 148 Å². The predicted octanol–water partition coefficient (Wildman–Crippen LogP) is 4.98. The quantitative estimate of drug-likeness (QED) is 0.431. The predicted molar refractivity (Wildman–Crippen MR) is 99.1 cm³/mol. The van der Waals surface area contributed by atoms with Crippen LogP contribution in [0.3, 0.4) is 0 Å². The second-order valence-electron chi connectivity index (χ2n) is 4.91. The third-order valence-electron chi connectivity index (χ3n) is 3.51. The van der Waals surface area contributed by atoms with Crippen LogP contribution in [0, 0.1) is 0 Å². The molecule has 0 unspecified atom stereocenters. The molecule has 0 aliphatic heterocycles. The van der Waals surface area contributed by atoms with Gasteiger partial charge in [0.2, 0.25) is 0 Å². The summed E-state index contributed by atoms with van der Waals surface area (Å²) in [7, 11) is 3.22. The zero-order valence-electron chi connectivity index (χ0n) is 12.9. The van der Waals surface area contributed by atoms with Gasteiger partial charge in [0.05, 0.1) is 19.7 Å². The number of ether oxygens (including phenoxy) is 3. The van der Waals surface area contributed by atoms with Crippen LogP contribution in [-0.4, -0.2) is 19.2 Å². The van der Waals surface area contributed by atoms with Gasteiger partial charge in [0.1, 0.15) is 11.5 Å². The molecule has 3 rings (SSSR count). The Kier molecular flexibility index (Phi) is 4.85. The van der Waals surface area contributed by atoms with E-state index in [-0.39, 0.29) is 0 Å². The van der Waals surface area contributed by atoms with E-state index in [1.54, 1.807) is 20.4 Å². The van der Waals surface area contributed by atoms with Gasteiger partial charge >= 0.3 is 0 Å². The number of rotatable bonds is 5. The SMILES string of the molecule is COc1cc2nccc(Oc3ccc(CI)cc3)c2cc1OC. The van der Waals surface area contributed by atoms with E-state index in [0.29, 0.717) is 11.5 Å². The van der Waals surface area contributed by atoms with Crippen molar-refractivity contribution in [1.29, 1.82) is 0 Å². The molecule has 0 radical (unpaired) electrons. The normalized spacial score (nSPS) is 10.6. The summed E-state index contributed by atoms with van der Waals surface area (Å²) in [6, 6.07) is 13.7. The number of methoxy groups -OCH3 is 2. The van der Waals surface area contributed by atoms with E-state index < -0.39 is 0 Å². The number of pyridine rings is 1. The van der Waals surface area contributed by atoms with Gasteiger partial charge in [-0.3, -0.25) is 4.98 Å². The Bertz CT molecular complexity index is 818. The molecule has 1 heterocycles. The Morgan fingerprint density at radius 3 is 2.26 bits per heavy atom. The topological polar surface area (TPSA) is 40.6 Å². The van der Waals surface area contributed by atoms with E-state index in [2.05, 4.69) is 39.7 Å². The minimum Gasteiger partial charge on any atom is -0.493 e. The van der Waals surface area contributed by atoms with E-state index in [9.17, 15) is 0 Å². The summed E-state index contributed by atoms with van der Waals surface area (Å²) >= 11 is 2.34. The Morgan fingerprint density at radius 2 is 1.61 bits per heavy atom. The average molecular weight is 421 g/mol. The van der Waals surface area contributed by atoms with Crippen molar-refractivity contribution in [1.82, 2.24) is 4.98 Å². The zero-order valence-corrected chi connectivity index (χ0v) is 15.0. The molecule has 1 aromatic heterocycles. The van der Waals surface area contributed by atoms with E-state index >= 15 is 0 Å². The molecule has 5 heteroatoms. The molecule has 0 saturated carbocycles. The highest BCUT2D eigenvalue weighted by Gasteiger charge is 2.11. The number of halogens is 1. The number of hydrogen-bond donors (Lipinski definition) is 0. The fraction of sp³-hybridized carbons (Fsp3) is 0.167. The lowest BCUT2D eigenvalue weighted by Crippen LogP contribution is -1.93. The number of benzene rings is 2. The number of aromatic nitrogens is 1. The van der Waals surface area contributed by atoms with Crippen molar-refractivity contribution >= 4 is 33.5 Å². The summed E-state index contributed by atoms with van der Waals surface area (Å²) in [5.74, 6) is 2.83. The number of alkyl halides is 1. The molecule has 0 atom stereocenters. The van der Waals surface area contributed by atoms with Gasteiger partial charge in [-0.2, -0.15) is 0 Å². The summed E-state index contributed by atoms with van der Waals surface area (Å²) in [6.45, 7) is 0. The molecule has 4 nitrogen and oxygen atoms in total. The van der Waals surface area contributed by atoms with Crippen molar-refractivity contribution in [2.45, 2.75) is 4.43 Å². The van der Waals surface area contributed by atoms with E-state index in [4.69, 9.17) is 14.2 Å². The summed E-state index contributed by atoms with van der Waals surface area (Å²) < 4.78 is 17.7. The first kappa shape index (κ1) is 15.9. The standard InChI is InChI=1S/C18H16INO3/c1-21-17-9-14-15(10-18(17)22-2)20-8-7-16(14)23-13-5-3-12(11-19)4-6-13/h3-10H,11H2,1-2H3. The molecule has 118 valence electrons. The molecule has 23 heavy (non-hydrogen) atoms. The largest absolute Gasteiger partial charge is 0.493 e. The van der Waals surface area contributed by atoms with Crippen molar-refractivity contribution in [2.75, 3.05) is 14.2 Å². The van der Waals surface area contributed by atoms with Crippen LogP contribution in [0.1, 0.15) is 5.56 Å². The molecular formula is C18H16INO3. The summed E-state index contributed by atoms with van der Waals surface area (Å²) in [5.41, 5.74) is 2.06. The van der Waals surface area contributed by atoms with Crippen molar-refractivity contribution in [3.8, 4) is 23.0 Å². The van der Waals surface area contributed by atoms with Crippen LogP contribution in [0.15, 0.2) is 48.7 Å². The average Bonchev–Trinajstić information content (AvgIpc) is 2.61. The van der Waals surface area contributed by atoms with Crippen LogP contribution >= 0.6 is 22.6 Å². The zero-order chi connectivity index (χ0) is 16.2. The fourth-order valence-electron chi connectivity index (χ4n) is 2.31. The van der Waals surface area contributed by atoms with Gasteiger partial charge in [0.15, 0.2) is 11.5 Å². The Morgan fingerprint density at radius 1 is 0.913 bits per heavy atom. The second-order valence-corrected chi connectivity index (χ2v) is 5.68. The number of hydrogen-bond acceptors (Lipinski definition) is 4. The fourth-order valence-corrected chi connectivity index (χ4v) is 2.82. The molecule has 2 aromatic carbocycles. The van der Waals surface area contributed by atoms with Gasteiger partial charge in [0.25, 0.3) is 0 Å². The molecule has 0 fully saturated rings. The third kappa shape index (κ3) is 3.34. The summed E-state index contributed by atoms with van der Waals surface area (Å²) in [5, 5.41) is 0.878. The van der Waals surface area contributed by atoms with Gasteiger partial charge in [-0.05, 0) is 29.8 Å². The van der Waals surface area contributed by atoms with Crippen molar-refractivity contribution in [3.05, 3.63) is 54.2 Å². The second kappa shape index (κ2) is 7.04. The van der Waals surface area contributed by atoms with Crippen LogP contribution in [0.4, 0.5) is 0 Å². The smallest absolute Gasteiger partial charge is 0.162 e. The lowest BCUT2D eigenvalue weighted by molar-refractivity contribution is 0.355. The monoisotopic (exact) mass is 421 g/mol. The van der Waals surface area contributed by atoms with Gasteiger partial charge in [-0.25, -0.2) is 0 Å². The van der Waals surface area contributed by atoms with Crippen LogP contribution in [0.25, 0.3) is 10.9 Å². The Balaban J connectivity index is 2.02. The summed E-state index contributed by atoms with van der Waals surface area (Å²) in [4.78, 5) is 4.38. The highest BCUT2D eigenvalue weighted by Crippen LogP contribution is 2.36. The molecule has 0 spiro atoms. The maximum Gasteiger partial charge on any atom is 0.162 e. The van der Waals surface area contributed by atoms with Crippen molar-refractivity contribution < 1.29 is 14.2 Å². The maximum atomic E-state index is 6.03. The van der Waals surface area contributed by atoms with E-state index in [1.807, 2.05) is 30.3 Å². The molecule has 0 aliphatic carbocycles. The van der Waals surface area contributed by atoms with Gasteiger partial charge in [0, 0.05) is 22.1 Å². The Hall–Kier alpha value is -2.02. The first-order chi connectivity index (χ1) is 11.2. The number of nitrogens with zero attached hydrogens (tertiary/aromatic N) is 1. The third-order valence-corrected chi connectivity index (χ3v) is 4.39. The molecule has 0 aliphatic rings. The van der Waals surface area contributed by atoms with Crippen LogP contribution in [0.2, 0.25) is 0 Å². The highest BCUT2D eigenvalue weighted by atomic mass is 127. The van der Waals surface area contributed by atoms with E-state index in [1.165, 1.54) is 5.56 Å². The maximum absolute atomic E-state index is 6.03. The van der Waals surface area contributed by atoms with Crippen LogP contribution in [-0.2, 0) is 4.43 Å². The minimum absolute atomic E-state index is 0.649. The van der Waals surface area contributed by atoms with Gasteiger partial charge < -0.3 is 14.2 Å².